The highest BCUT2D eigenvalue weighted by Gasteiger charge is 2.16. The van der Waals surface area contributed by atoms with E-state index in [2.05, 4.69) is 20.8 Å². The topological polar surface area (TPSA) is 81.1 Å². The summed E-state index contributed by atoms with van der Waals surface area (Å²) in [6.45, 7) is 0. The molecule has 31 heavy (non-hydrogen) atoms. The number of aromatic nitrogens is 3. The monoisotopic (exact) mass is 471 g/mol. The summed E-state index contributed by atoms with van der Waals surface area (Å²) in [6, 6.07) is 17.6. The highest BCUT2D eigenvalue weighted by atomic mass is 35.5. The van der Waals surface area contributed by atoms with Crippen molar-refractivity contribution in [1.82, 2.24) is 20.3 Å². The molecular weight excluding hydrogens is 457 g/mol. The number of amides is 1. The van der Waals surface area contributed by atoms with Crippen molar-refractivity contribution < 1.29 is 9.53 Å². The minimum absolute atomic E-state index is 0.0590. The largest absolute Gasteiger partial charge is 0.496 e. The van der Waals surface area contributed by atoms with Crippen LogP contribution in [0.25, 0.3) is 16.7 Å². The number of carbonyl (C=O) groups is 1. The van der Waals surface area contributed by atoms with Gasteiger partial charge in [0.2, 0.25) is 0 Å². The Bertz CT molecular complexity index is 1290. The van der Waals surface area contributed by atoms with E-state index in [0.29, 0.717) is 32.5 Å². The molecule has 0 unspecified atom stereocenters. The lowest BCUT2D eigenvalue weighted by atomic mass is 10.2. The quantitative estimate of drug-likeness (QED) is 0.413. The molecule has 4 aromatic rings. The molecule has 1 aromatic heterocycles. The molecule has 0 radical (unpaired) electrons. The number of carbonyl (C=O) groups excluding carboxylic acids is 1. The van der Waals surface area contributed by atoms with Gasteiger partial charge in [-0.2, -0.15) is 4.80 Å². The van der Waals surface area contributed by atoms with Gasteiger partial charge in [0.05, 0.1) is 29.1 Å². The number of benzene rings is 3. The Morgan fingerprint density at radius 1 is 1.03 bits per heavy atom. The molecule has 0 saturated carbocycles. The minimum atomic E-state index is -0.468. The Morgan fingerprint density at radius 3 is 2.45 bits per heavy atom. The second-order valence-corrected chi connectivity index (χ2v) is 7.65. The van der Waals surface area contributed by atoms with Crippen LogP contribution in [-0.2, 0) is 0 Å². The van der Waals surface area contributed by atoms with Crippen molar-refractivity contribution >= 4 is 63.2 Å². The van der Waals surface area contributed by atoms with Crippen molar-refractivity contribution in [2.24, 2.45) is 0 Å². The van der Waals surface area contributed by atoms with Gasteiger partial charge in [0, 0.05) is 5.02 Å². The molecule has 0 spiro atoms. The summed E-state index contributed by atoms with van der Waals surface area (Å²) < 4.78 is 5.21. The van der Waals surface area contributed by atoms with Crippen molar-refractivity contribution in [3.8, 4) is 11.4 Å². The number of hydrogen-bond donors (Lipinski definition) is 2. The Balaban J connectivity index is 1.54. The van der Waals surface area contributed by atoms with Crippen LogP contribution in [0.15, 0.2) is 60.7 Å². The Hall–Kier alpha value is -3.20. The van der Waals surface area contributed by atoms with E-state index in [4.69, 9.17) is 40.2 Å². The average Bonchev–Trinajstić information content (AvgIpc) is 3.17. The normalized spacial score (nSPS) is 10.7. The van der Waals surface area contributed by atoms with E-state index in [9.17, 15) is 4.79 Å². The number of nitrogens with zero attached hydrogens (tertiary/aromatic N) is 3. The van der Waals surface area contributed by atoms with Crippen molar-refractivity contribution in [3.63, 3.8) is 0 Å². The van der Waals surface area contributed by atoms with Gasteiger partial charge in [-0.25, -0.2) is 0 Å². The first-order valence-electron chi connectivity index (χ1n) is 9.02. The highest BCUT2D eigenvalue weighted by molar-refractivity contribution is 7.80. The lowest BCUT2D eigenvalue weighted by Crippen LogP contribution is -2.34. The molecule has 4 rings (SSSR count). The summed E-state index contributed by atoms with van der Waals surface area (Å²) in [4.78, 5) is 14.1. The Labute approximate surface area is 192 Å². The molecule has 0 fully saturated rings. The van der Waals surface area contributed by atoms with Gasteiger partial charge < -0.3 is 10.1 Å². The van der Waals surface area contributed by atoms with Gasteiger partial charge in [-0.1, -0.05) is 41.4 Å². The molecule has 156 valence electrons. The van der Waals surface area contributed by atoms with Crippen molar-refractivity contribution in [1.29, 1.82) is 0 Å². The second kappa shape index (κ2) is 8.89. The molecule has 0 atom stereocenters. The molecule has 0 aliphatic heterocycles. The molecule has 0 aliphatic carbocycles. The summed E-state index contributed by atoms with van der Waals surface area (Å²) in [5.41, 5.74) is 2.80. The third kappa shape index (κ3) is 4.61. The molecular formula is C21H15Cl2N5O2S. The summed E-state index contributed by atoms with van der Waals surface area (Å²) in [6.07, 6.45) is 0. The molecule has 10 heteroatoms. The molecule has 1 amide bonds. The van der Waals surface area contributed by atoms with E-state index in [0.717, 1.165) is 5.69 Å². The van der Waals surface area contributed by atoms with Gasteiger partial charge in [0.1, 0.15) is 16.8 Å². The van der Waals surface area contributed by atoms with E-state index in [1.165, 1.54) is 18.0 Å². The second-order valence-electron chi connectivity index (χ2n) is 6.40. The molecule has 0 bridgehead atoms. The number of ether oxygens (including phenoxy) is 1. The van der Waals surface area contributed by atoms with Crippen LogP contribution >= 0.6 is 35.4 Å². The first-order valence-corrected chi connectivity index (χ1v) is 10.2. The number of hydrogen-bond acceptors (Lipinski definition) is 5. The van der Waals surface area contributed by atoms with Crippen LogP contribution in [-0.4, -0.2) is 33.1 Å². The predicted molar refractivity (Wildman–Crippen MR) is 126 cm³/mol. The fraction of sp³-hybridized carbons (Fsp3) is 0.0476. The van der Waals surface area contributed by atoms with Crippen LogP contribution in [0, 0.1) is 0 Å². The lowest BCUT2D eigenvalue weighted by Gasteiger charge is -2.12. The third-order valence-corrected chi connectivity index (χ3v) is 5.09. The number of nitrogens with one attached hydrogen (secondary N) is 2. The Morgan fingerprint density at radius 2 is 1.74 bits per heavy atom. The van der Waals surface area contributed by atoms with Gasteiger partial charge in [0.25, 0.3) is 5.91 Å². The number of thiocarbonyl (C=S) groups is 1. The molecule has 1 heterocycles. The number of fused-ring (bicyclic) bond motifs is 1. The van der Waals surface area contributed by atoms with E-state index >= 15 is 0 Å². The standard InChI is InChI=1S/C21H15Cl2N5O2S/c1-30-19-8-7-12(22)9-14(19)20(29)25-21(31)24-16-11-18-17(10-15(16)23)26-28(27-18)13-5-3-2-4-6-13/h2-11H,1H3,(H2,24,25,29,31). The first kappa shape index (κ1) is 21.0. The van der Waals surface area contributed by atoms with Crippen molar-refractivity contribution in [2.45, 2.75) is 0 Å². The smallest absolute Gasteiger partial charge is 0.261 e. The molecule has 0 saturated heterocycles. The summed E-state index contributed by atoms with van der Waals surface area (Å²) in [5.74, 6) is -0.0919. The van der Waals surface area contributed by atoms with Crippen LogP contribution in [0.1, 0.15) is 10.4 Å². The lowest BCUT2D eigenvalue weighted by molar-refractivity contribution is 0.0975. The zero-order valence-corrected chi connectivity index (χ0v) is 18.4. The van der Waals surface area contributed by atoms with E-state index in [1.807, 2.05) is 30.3 Å². The van der Waals surface area contributed by atoms with Crippen LogP contribution < -0.4 is 15.4 Å². The average molecular weight is 472 g/mol. The first-order chi connectivity index (χ1) is 14.9. The maximum atomic E-state index is 12.6. The highest BCUT2D eigenvalue weighted by Crippen LogP contribution is 2.27. The van der Waals surface area contributed by atoms with E-state index in [1.54, 1.807) is 24.3 Å². The van der Waals surface area contributed by atoms with Crippen LogP contribution in [0.5, 0.6) is 5.75 Å². The zero-order chi connectivity index (χ0) is 22.0. The number of para-hydroxylation sites is 1. The summed E-state index contributed by atoms with van der Waals surface area (Å²) >= 11 is 17.6. The van der Waals surface area contributed by atoms with Crippen molar-refractivity contribution in [3.05, 3.63) is 76.3 Å². The Kier molecular flexibility index (Phi) is 6.03. The number of anilines is 1. The van der Waals surface area contributed by atoms with Gasteiger partial charge >= 0.3 is 0 Å². The van der Waals surface area contributed by atoms with E-state index in [-0.39, 0.29) is 10.7 Å². The number of rotatable bonds is 4. The molecule has 2 N–H and O–H groups in total. The number of halogens is 2. The van der Waals surface area contributed by atoms with Gasteiger partial charge in [0.15, 0.2) is 5.11 Å². The molecule has 0 aliphatic rings. The maximum absolute atomic E-state index is 12.6. The predicted octanol–water partition coefficient (Wildman–Crippen LogP) is 4.86. The zero-order valence-electron chi connectivity index (χ0n) is 16.1. The van der Waals surface area contributed by atoms with Crippen LogP contribution in [0.3, 0.4) is 0 Å². The molecule has 7 nitrogen and oxygen atoms in total. The van der Waals surface area contributed by atoms with Crippen molar-refractivity contribution in [2.75, 3.05) is 12.4 Å². The van der Waals surface area contributed by atoms with Crippen LogP contribution in [0.4, 0.5) is 5.69 Å². The van der Waals surface area contributed by atoms with Gasteiger partial charge in [-0.05, 0) is 54.7 Å². The van der Waals surface area contributed by atoms with E-state index < -0.39 is 5.91 Å². The van der Waals surface area contributed by atoms with Gasteiger partial charge in [-0.15, -0.1) is 10.2 Å². The minimum Gasteiger partial charge on any atom is -0.496 e. The SMILES string of the molecule is COc1ccc(Cl)cc1C(=O)NC(=S)Nc1cc2nn(-c3ccccc3)nc2cc1Cl. The summed E-state index contributed by atoms with van der Waals surface area (Å²) in [7, 11) is 1.47. The van der Waals surface area contributed by atoms with Crippen LogP contribution in [0.2, 0.25) is 10.0 Å². The van der Waals surface area contributed by atoms with Gasteiger partial charge in [-0.3, -0.25) is 10.1 Å². The third-order valence-electron chi connectivity index (χ3n) is 4.34. The fourth-order valence-corrected chi connectivity index (χ4v) is 3.47. The summed E-state index contributed by atoms with van der Waals surface area (Å²) in [5, 5.41) is 15.3. The molecule has 3 aromatic carbocycles. The number of methoxy groups -OCH3 is 1. The maximum Gasteiger partial charge on any atom is 0.261 e. The fourth-order valence-electron chi connectivity index (χ4n) is 2.89.